The van der Waals surface area contributed by atoms with Crippen LogP contribution in [0.2, 0.25) is 0 Å². The highest BCUT2D eigenvalue weighted by Gasteiger charge is 2.29. The van der Waals surface area contributed by atoms with Gasteiger partial charge < -0.3 is 9.47 Å². The maximum Gasteiger partial charge on any atom is 0.311 e. The highest BCUT2D eigenvalue weighted by Crippen LogP contribution is 2.32. The number of anilines is 1. The largest absolute Gasteiger partial charge is 0.492 e. The first-order chi connectivity index (χ1) is 17.3. The molecule has 0 aliphatic heterocycles. The molecule has 0 heterocycles. The predicted molar refractivity (Wildman–Crippen MR) is 134 cm³/mol. The fourth-order valence-corrected chi connectivity index (χ4v) is 4.69. The van der Waals surface area contributed by atoms with Gasteiger partial charge in [-0.1, -0.05) is 30.3 Å². The maximum atomic E-state index is 13.5. The second-order valence-corrected chi connectivity index (χ2v) is 9.07. The van der Waals surface area contributed by atoms with Crippen molar-refractivity contribution in [1.29, 1.82) is 0 Å². The van der Waals surface area contributed by atoms with Crippen molar-refractivity contribution < 1.29 is 27.6 Å². The number of para-hydroxylation sites is 2. The molecule has 3 aromatic rings. The van der Waals surface area contributed by atoms with E-state index < -0.39 is 27.4 Å². The molecule has 0 fully saturated rings. The quantitative estimate of drug-likeness (QED) is 0.236. The molecule has 0 aliphatic carbocycles. The lowest BCUT2D eigenvalue weighted by Gasteiger charge is -2.25. The van der Waals surface area contributed by atoms with Gasteiger partial charge in [-0.3, -0.25) is 19.2 Å². The highest BCUT2D eigenvalue weighted by atomic mass is 32.2. The first kappa shape index (κ1) is 26.2. The third-order valence-electron chi connectivity index (χ3n) is 4.85. The highest BCUT2D eigenvalue weighted by molar-refractivity contribution is 7.92. The summed E-state index contributed by atoms with van der Waals surface area (Å²) in [7, 11) is -2.82. The van der Waals surface area contributed by atoms with Crippen molar-refractivity contribution in [3.63, 3.8) is 0 Å². The smallest absolute Gasteiger partial charge is 0.311 e. The molecule has 0 radical (unpaired) electrons. The molecule has 0 saturated carbocycles. The summed E-state index contributed by atoms with van der Waals surface area (Å²) in [5, 5.41) is 15.0. The first-order valence-electron chi connectivity index (χ1n) is 10.7. The van der Waals surface area contributed by atoms with Crippen molar-refractivity contribution in [2.24, 2.45) is 5.10 Å². The summed E-state index contributed by atoms with van der Waals surface area (Å²) in [4.78, 5) is 23.3. The minimum Gasteiger partial charge on any atom is -0.492 e. The molecule has 1 N–H and O–H groups in total. The number of ether oxygens (including phenoxy) is 2. The summed E-state index contributed by atoms with van der Waals surface area (Å²) in [5.41, 5.74) is 2.52. The van der Waals surface area contributed by atoms with E-state index in [0.717, 1.165) is 4.31 Å². The molecule has 0 bridgehead atoms. The normalized spacial score (nSPS) is 11.2. The van der Waals surface area contributed by atoms with Gasteiger partial charge in [0.15, 0.2) is 5.75 Å². The Kier molecular flexibility index (Phi) is 8.57. The van der Waals surface area contributed by atoms with Gasteiger partial charge in [0, 0.05) is 11.6 Å². The number of rotatable bonds is 11. The van der Waals surface area contributed by atoms with E-state index in [0.29, 0.717) is 17.9 Å². The number of carbonyl (C=O) groups excluding carboxylic acids is 1. The lowest BCUT2D eigenvalue weighted by atomic mass is 10.2. The van der Waals surface area contributed by atoms with Gasteiger partial charge in [-0.25, -0.2) is 13.8 Å². The summed E-state index contributed by atoms with van der Waals surface area (Å²) in [6.45, 7) is 1.46. The Hall–Kier alpha value is -4.45. The molecule has 0 spiro atoms. The van der Waals surface area contributed by atoms with E-state index in [2.05, 4.69) is 10.5 Å². The molecule has 0 atom stereocenters. The average Bonchev–Trinajstić information content (AvgIpc) is 2.88. The van der Waals surface area contributed by atoms with Crippen LogP contribution in [0.5, 0.6) is 11.5 Å². The molecule has 188 valence electrons. The number of benzene rings is 3. The van der Waals surface area contributed by atoms with E-state index in [1.165, 1.54) is 43.7 Å². The Morgan fingerprint density at radius 2 is 1.78 bits per heavy atom. The Balaban J connectivity index is 1.87. The number of hydrazone groups is 1. The van der Waals surface area contributed by atoms with Crippen LogP contribution in [0.15, 0.2) is 82.8 Å². The first-order valence-corrected chi connectivity index (χ1v) is 12.2. The third-order valence-corrected chi connectivity index (χ3v) is 6.63. The van der Waals surface area contributed by atoms with Gasteiger partial charge in [-0.05, 0) is 43.3 Å². The molecule has 3 aromatic carbocycles. The molecule has 36 heavy (non-hydrogen) atoms. The molecular formula is C24H24N4O7S. The topological polar surface area (TPSA) is 140 Å². The lowest BCUT2D eigenvalue weighted by molar-refractivity contribution is -0.385. The molecule has 1 amide bonds. The second-order valence-electron chi connectivity index (χ2n) is 7.21. The van der Waals surface area contributed by atoms with Gasteiger partial charge in [0.1, 0.15) is 12.3 Å². The monoisotopic (exact) mass is 512 g/mol. The summed E-state index contributed by atoms with van der Waals surface area (Å²) in [5.74, 6) is -0.364. The van der Waals surface area contributed by atoms with Crippen LogP contribution in [0.1, 0.15) is 12.5 Å². The van der Waals surface area contributed by atoms with E-state index in [1.807, 2.05) is 0 Å². The van der Waals surface area contributed by atoms with Crippen LogP contribution in [0.3, 0.4) is 0 Å². The molecule has 0 saturated heterocycles. The van der Waals surface area contributed by atoms with E-state index in [4.69, 9.17) is 9.47 Å². The number of methoxy groups -OCH3 is 1. The molecule has 0 unspecified atom stereocenters. The standard InChI is InChI=1S/C24H24N4O7S/c1-3-35-23-12-8-7-11-20(23)27(36(32,33)19-9-5-4-6-10-19)17-24(29)26-25-16-18-13-14-22(34-2)21(15-18)28(30)31/h4-16H,3,17H2,1-2H3,(H,26,29)/b25-16-. The number of nitrogens with zero attached hydrogens (tertiary/aromatic N) is 3. The van der Waals surface area contributed by atoms with Crippen LogP contribution in [0, 0.1) is 10.1 Å². The van der Waals surface area contributed by atoms with Crippen molar-refractivity contribution in [3.05, 3.63) is 88.5 Å². The zero-order chi connectivity index (χ0) is 26.1. The van der Waals surface area contributed by atoms with Crippen LogP contribution in [0.4, 0.5) is 11.4 Å². The third kappa shape index (κ3) is 6.16. The summed E-state index contributed by atoms with van der Waals surface area (Å²) in [6.07, 6.45) is 1.20. The summed E-state index contributed by atoms with van der Waals surface area (Å²) < 4.78 is 38.4. The number of hydrogen-bond acceptors (Lipinski definition) is 8. The number of sulfonamides is 1. The summed E-state index contributed by atoms with van der Waals surface area (Å²) in [6, 6.07) is 18.3. The zero-order valence-electron chi connectivity index (χ0n) is 19.5. The second kappa shape index (κ2) is 11.8. The van der Waals surface area contributed by atoms with Crippen LogP contribution < -0.4 is 19.2 Å². The van der Waals surface area contributed by atoms with E-state index in [9.17, 15) is 23.3 Å². The zero-order valence-corrected chi connectivity index (χ0v) is 20.3. The molecule has 0 aromatic heterocycles. The molecular weight excluding hydrogens is 488 g/mol. The Morgan fingerprint density at radius 1 is 1.08 bits per heavy atom. The van der Waals surface area contributed by atoms with Gasteiger partial charge in [0.2, 0.25) is 0 Å². The van der Waals surface area contributed by atoms with Crippen LogP contribution in [-0.2, 0) is 14.8 Å². The SMILES string of the molecule is CCOc1ccccc1N(CC(=O)N/N=C\c1ccc(OC)c([N+](=O)[O-])c1)S(=O)(=O)c1ccccc1. The van der Waals surface area contributed by atoms with Gasteiger partial charge in [-0.15, -0.1) is 0 Å². The number of nitrogens with one attached hydrogen (secondary N) is 1. The lowest BCUT2D eigenvalue weighted by Crippen LogP contribution is -2.39. The summed E-state index contributed by atoms with van der Waals surface area (Å²) >= 11 is 0. The maximum absolute atomic E-state index is 13.5. The number of hydrogen-bond donors (Lipinski definition) is 1. The van der Waals surface area contributed by atoms with Crippen molar-refractivity contribution in [2.75, 3.05) is 24.6 Å². The fourth-order valence-electron chi connectivity index (χ4n) is 3.23. The van der Waals surface area contributed by atoms with Gasteiger partial charge in [-0.2, -0.15) is 5.10 Å². The van der Waals surface area contributed by atoms with Crippen LogP contribution in [0.25, 0.3) is 0 Å². The molecule has 0 aliphatic rings. The Labute approximate surface area is 208 Å². The molecule has 3 rings (SSSR count). The van der Waals surface area contributed by atoms with Crippen molar-refractivity contribution in [3.8, 4) is 11.5 Å². The van der Waals surface area contributed by atoms with Crippen molar-refractivity contribution >= 4 is 33.5 Å². The molecule has 12 heteroatoms. The van der Waals surface area contributed by atoms with Crippen LogP contribution >= 0.6 is 0 Å². The van der Waals surface area contributed by atoms with Gasteiger partial charge >= 0.3 is 5.69 Å². The Bertz CT molecular complexity index is 1360. The van der Waals surface area contributed by atoms with Gasteiger partial charge in [0.25, 0.3) is 15.9 Å². The number of nitro groups is 1. The van der Waals surface area contributed by atoms with Crippen molar-refractivity contribution in [2.45, 2.75) is 11.8 Å². The minimum absolute atomic E-state index is 0.00172. The number of carbonyl (C=O) groups is 1. The van der Waals surface area contributed by atoms with E-state index in [1.54, 1.807) is 49.4 Å². The van der Waals surface area contributed by atoms with Crippen molar-refractivity contribution in [1.82, 2.24) is 5.43 Å². The molecule has 11 nitrogen and oxygen atoms in total. The average molecular weight is 513 g/mol. The fraction of sp³-hybridized carbons (Fsp3) is 0.167. The minimum atomic E-state index is -4.14. The van der Waals surface area contributed by atoms with Gasteiger partial charge in [0.05, 0.1) is 35.4 Å². The van der Waals surface area contributed by atoms with Crippen LogP contribution in [-0.4, -0.2) is 45.7 Å². The van der Waals surface area contributed by atoms with E-state index >= 15 is 0 Å². The number of amides is 1. The predicted octanol–water partition coefficient (Wildman–Crippen LogP) is 3.35. The Morgan fingerprint density at radius 3 is 2.44 bits per heavy atom. The van der Waals surface area contributed by atoms with E-state index in [-0.39, 0.29) is 22.0 Å². The number of nitro benzene ring substituents is 1.